The minimum atomic E-state index is -4.30. The van der Waals surface area contributed by atoms with Crippen LogP contribution in [-0.4, -0.2) is 27.7 Å². The van der Waals surface area contributed by atoms with Crippen LogP contribution in [0.5, 0.6) is 11.5 Å². The van der Waals surface area contributed by atoms with E-state index in [1.807, 2.05) is 0 Å². The molecule has 0 spiro atoms. The Hall–Kier alpha value is -1.77. The molecule has 0 atom stereocenters. The second kappa shape index (κ2) is 6.38. The van der Waals surface area contributed by atoms with Crippen LogP contribution in [0.25, 0.3) is 0 Å². The van der Waals surface area contributed by atoms with E-state index in [9.17, 15) is 21.9 Å². The molecule has 0 fully saturated rings. The summed E-state index contributed by atoms with van der Waals surface area (Å²) in [5.74, 6) is -0.652. The fourth-order valence-corrected chi connectivity index (χ4v) is 3.90. The second-order valence-corrected chi connectivity index (χ2v) is 8.75. The molecule has 0 amide bonds. The van der Waals surface area contributed by atoms with Crippen molar-refractivity contribution < 1.29 is 26.1 Å². The molecule has 124 valence electrons. The maximum Gasteiger partial charge on any atom is 0.342 e. The van der Waals surface area contributed by atoms with Gasteiger partial charge in [-0.3, -0.25) is 0 Å². The molecule has 0 aliphatic rings. The van der Waals surface area contributed by atoms with Gasteiger partial charge in [0.25, 0.3) is 0 Å². The predicted molar refractivity (Wildman–Crippen MR) is 85.1 cm³/mol. The topological polar surface area (TPSA) is 97.7 Å². The number of phenolic OH excluding ortho intramolecular Hbond substituents is 1. The second-order valence-electron chi connectivity index (χ2n) is 4.52. The highest BCUT2D eigenvalue weighted by Crippen LogP contribution is 2.29. The summed E-state index contributed by atoms with van der Waals surface area (Å²) in [4.78, 5) is -0.411. The third-order valence-electron chi connectivity index (χ3n) is 2.96. The zero-order chi connectivity index (χ0) is 17.3. The van der Waals surface area contributed by atoms with Crippen LogP contribution in [0.1, 0.15) is 6.92 Å². The minimum Gasteiger partial charge on any atom is -0.506 e. The molecule has 2 rings (SSSR count). The molecular formula is C14H13ClO6S2. The van der Waals surface area contributed by atoms with E-state index in [4.69, 9.17) is 15.8 Å². The number of phenols is 1. The van der Waals surface area contributed by atoms with Gasteiger partial charge in [-0.15, -0.1) is 0 Å². The summed E-state index contributed by atoms with van der Waals surface area (Å²) in [6.07, 6.45) is 0. The molecule has 2 aromatic rings. The van der Waals surface area contributed by atoms with Crippen molar-refractivity contribution in [2.24, 2.45) is 0 Å². The molecule has 0 unspecified atom stereocenters. The van der Waals surface area contributed by atoms with Crippen LogP contribution in [0.3, 0.4) is 0 Å². The smallest absolute Gasteiger partial charge is 0.342 e. The van der Waals surface area contributed by atoms with Crippen molar-refractivity contribution >= 4 is 31.6 Å². The average Bonchev–Trinajstić information content (AvgIpc) is 2.49. The van der Waals surface area contributed by atoms with Gasteiger partial charge in [0.1, 0.15) is 16.4 Å². The lowest BCUT2D eigenvalue weighted by molar-refractivity contribution is 0.445. The first kappa shape index (κ1) is 17.6. The molecule has 0 aliphatic carbocycles. The lowest BCUT2D eigenvalue weighted by Crippen LogP contribution is -2.10. The first-order valence-corrected chi connectivity index (χ1v) is 9.85. The Morgan fingerprint density at radius 1 is 1.04 bits per heavy atom. The van der Waals surface area contributed by atoms with Crippen molar-refractivity contribution in [2.75, 3.05) is 5.75 Å². The van der Waals surface area contributed by atoms with Gasteiger partial charge in [-0.2, -0.15) is 8.42 Å². The summed E-state index contributed by atoms with van der Waals surface area (Å²) in [7, 11) is -7.69. The van der Waals surface area contributed by atoms with Crippen molar-refractivity contribution in [1.29, 1.82) is 0 Å². The van der Waals surface area contributed by atoms with Crippen LogP contribution in [0.2, 0.25) is 5.02 Å². The van der Waals surface area contributed by atoms with E-state index in [-0.39, 0.29) is 21.4 Å². The van der Waals surface area contributed by atoms with Gasteiger partial charge in [-0.05, 0) is 42.5 Å². The summed E-state index contributed by atoms with van der Waals surface area (Å²) in [5, 5.41) is 9.75. The van der Waals surface area contributed by atoms with Crippen LogP contribution in [0.15, 0.2) is 52.3 Å². The number of rotatable bonds is 5. The zero-order valence-electron chi connectivity index (χ0n) is 11.9. The highest BCUT2D eigenvalue weighted by molar-refractivity contribution is 7.91. The molecule has 0 bridgehead atoms. The first-order valence-electron chi connectivity index (χ1n) is 6.41. The maximum absolute atomic E-state index is 12.2. The SMILES string of the molecule is CCS(=O)(=O)c1ccc(OS(=O)(=O)c2cc(Cl)ccc2O)cc1. The van der Waals surface area contributed by atoms with Gasteiger partial charge < -0.3 is 9.29 Å². The Bertz CT molecular complexity index is 918. The van der Waals surface area contributed by atoms with Gasteiger partial charge in [0.2, 0.25) is 0 Å². The molecule has 1 N–H and O–H groups in total. The molecule has 2 aromatic carbocycles. The molecule has 6 nitrogen and oxygen atoms in total. The van der Waals surface area contributed by atoms with E-state index in [1.165, 1.54) is 37.3 Å². The van der Waals surface area contributed by atoms with E-state index in [0.29, 0.717) is 0 Å². The number of hydrogen-bond donors (Lipinski definition) is 1. The van der Waals surface area contributed by atoms with Gasteiger partial charge in [-0.1, -0.05) is 18.5 Å². The minimum absolute atomic E-state index is 0.0651. The van der Waals surface area contributed by atoms with Crippen molar-refractivity contribution in [3.63, 3.8) is 0 Å². The first-order chi connectivity index (χ1) is 10.7. The van der Waals surface area contributed by atoms with Gasteiger partial charge in [-0.25, -0.2) is 8.42 Å². The van der Waals surface area contributed by atoms with Crippen molar-refractivity contribution in [1.82, 2.24) is 0 Å². The number of hydrogen-bond acceptors (Lipinski definition) is 6. The number of sulfone groups is 1. The summed E-state index contributed by atoms with van der Waals surface area (Å²) in [5.41, 5.74) is 0. The van der Waals surface area contributed by atoms with Gasteiger partial charge in [0, 0.05) is 5.02 Å². The molecule has 0 saturated carbocycles. The van der Waals surface area contributed by atoms with Crippen LogP contribution < -0.4 is 4.18 Å². The molecule has 9 heteroatoms. The predicted octanol–water partition coefficient (Wildman–Crippen LogP) is 2.61. The largest absolute Gasteiger partial charge is 0.506 e. The Morgan fingerprint density at radius 3 is 2.22 bits per heavy atom. The summed E-state index contributed by atoms with van der Waals surface area (Å²) >= 11 is 5.71. The van der Waals surface area contributed by atoms with Crippen LogP contribution in [0, 0.1) is 0 Å². The molecule has 0 radical (unpaired) electrons. The number of aromatic hydroxyl groups is 1. The third-order valence-corrected chi connectivity index (χ3v) is 6.22. The average molecular weight is 377 g/mol. The van der Waals surface area contributed by atoms with E-state index in [2.05, 4.69) is 0 Å². The van der Waals surface area contributed by atoms with Gasteiger partial charge >= 0.3 is 10.1 Å². The molecule has 0 heterocycles. The summed E-state index contributed by atoms with van der Waals surface area (Å²) < 4.78 is 52.6. The lowest BCUT2D eigenvalue weighted by Gasteiger charge is -2.09. The Labute approximate surface area is 139 Å². The summed E-state index contributed by atoms with van der Waals surface area (Å²) in [6, 6.07) is 8.48. The highest BCUT2D eigenvalue weighted by Gasteiger charge is 2.22. The van der Waals surface area contributed by atoms with Crippen molar-refractivity contribution in [2.45, 2.75) is 16.7 Å². The molecule has 0 aliphatic heterocycles. The third kappa shape index (κ3) is 3.95. The quantitative estimate of drug-likeness (QED) is 0.805. The molecular weight excluding hydrogens is 364 g/mol. The van der Waals surface area contributed by atoms with Crippen molar-refractivity contribution in [3.8, 4) is 11.5 Å². The van der Waals surface area contributed by atoms with E-state index < -0.39 is 30.6 Å². The zero-order valence-corrected chi connectivity index (χ0v) is 14.3. The standard InChI is InChI=1S/C14H13ClO6S2/c1-2-22(17,18)12-6-4-11(5-7-12)21-23(19,20)14-9-10(15)3-8-13(14)16/h3-9,16H,2H2,1H3. The fourth-order valence-electron chi connectivity index (χ4n) is 1.73. The van der Waals surface area contributed by atoms with Gasteiger partial charge in [0.05, 0.1) is 10.6 Å². The van der Waals surface area contributed by atoms with Crippen LogP contribution in [-0.2, 0) is 20.0 Å². The number of halogens is 1. The van der Waals surface area contributed by atoms with Crippen LogP contribution >= 0.6 is 11.6 Å². The van der Waals surface area contributed by atoms with E-state index in [0.717, 1.165) is 12.1 Å². The number of benzene rings is 2. The maximum atomic E-state index is 12.2. The Balaban J connectivity index is 2.33. The van der Waals surface area contributed by atoms with Crippen molar-refractivity contribution in [3.05, 3.63) is 47.5 Å². The molecule has 0 saturated heterocycles. The Morgan fingerprint density at radius 2 is 1.65 bits per heavy atom. The fraction of sp³-hybridized carbons (Fsp3) is 0.143. The Kier molecular flexibility index (Phi) is 4.88. The normalized spacial score (nSPS) is 12.1. The van der Waals surface area contributed by atoms with Crippen LogP contribution in [0.4, 0.5) is 0 Å². The molecule has 23 heavy (non-hydrogen) atoms. The van der Waals surface area contributed by atoms with E-state index >= 15 is 0 Å². The monoisotopic (exact) mass is 376 g/mol. The van der Waals surface area contributed by atoms with E-state index in [1.54, 1.807) is 0 Å². The lowest BCUT2D eigenvalue weighted by atomic mass is 10.3. The van der Waals surface area contributed by atoms with Gasteiger partial charge in [0.15, 0.2) is 9.84 Å². The summed E-state index contributed by atoms with van der Waals surface area (Å²) in [6.45, 7) is 1.51. The molecule has 0 aromatic heterocycles. The highest BCUT2D eigenvalue weighted by atomic mass is 35.5.